The maximum Gasteiger partial charge on any atom is 0.313 e. The number of nitrogens with zero attached hydrogens (tertiary/aromatic N) is 1. The Morgan fingerprint density at radius 1 is 0.875 bits per heavy atom. The van der Waals surface area contributed by atoms with Gasteiger partial charge in [-0.25, -0.2) is 0 Å². The van der Waals surface area contributed by atoms with Crippen molar-refractivity contribution in [2.24, 2.45) is 0 Å². The largest absolute Gasteiger partial charge is 0.469 e. The van der Waals surface area contributed by atoms with E-state index in [-0.39, 0.29) is 50.1 Å². The molecule has 0 aromatic heterocycles. The number of hydrogen-bond acceptors (Lipinski definition) is 12. The number of benzene rings is 2. The molecule has 216 valence electrons. The van der Waals surface area contributed by atoms with Crippen LogP contribution in [0.2, 0.25) is 0 Å². The fourth-order valence-corrected chi connectivity index (χ4v) is 3.60. The second-order valence-corrected chi connectivity index (χ2v) is 8.11. The first-order valence-electron chi connectivity index (χ1n) is 12.1. The van der Waals surface area contributed by atoms with Crippen LogP contribution in [0.1, 0.15) is 33.8 Å². The summed E-state index contributed by atoms with van der Waals surface area (Å²) in [7, 11) is 5.46. The summed E-state index contributed by atoms with van der Waals surface area (Å²) in [6.07, 6.45) is 0.211. The number of rotatable bonds is 18. The maximum absolute atomic E-state index is 12.7. The maximum atomic E-state index is 12.7. The van der Waals surface area contributed by atoms with Crippen LogP contribution in [0.5, 0.6) is 11.5 Å². The zero-order valence-corrected chi connectivity index (χ0v) is 22.9. The molecule has 2 rings (SSSR count). The number of aldehydes is 1. The van der Waals surface area contributed by atoms with Crippen LogP contribution in [-0.4, -0.2) is 86.7 Å². The number of methoxy groups -OCH3 is 4. The Kier molecular flexibility index (Phi) is 14.1. The van der Waals surface area contributed by atoms with Gasteiger partial charge in [0.15, 0.2) is 19.9 Å². The Hall–Kier alpha value is -4.02. The van der Waals surface area contributed by atoms with Crippen molar-refractivity contribution in [3.63, 3.8) is 0 Å². The highest BCUT2D eigenvalue weighted by molar-refractivity contribution is 5.91. The van der Waals surface area contributed by atoms with Gasteiger partial charge >= 0.3 is 11.9 Å². The Bertz CT molecular complexity index is 1180. The topological polar surface area (TPSA) is 149 Å². The minimum absolute atomic E-state index is 0.0614. The van der Waals surface area contributed by atoms with Gasteiger partial charge in [-0.3, -0.25) is 14.4 Å². The zero-order valence-electron chi connectivity index (χ0n) is 22.9. The van der Waals surface area contributed by atoms with Crippen LogP contribution in [0.4, 0.5) is 0 Å². The van der Waals surface area contributed by atoms with Crippen molar-refractivity contribution in [2.45, 2.75) is 12.3 Å². The molecule has 0 radical (unpaired) electrons. The smallest absolute Gasteiger partial charge is 0.313 e. The molecule has 0 aliphatic rings. The fraction of sp³-hybridized carbons (Fsp3) is 0.429. The Balaban J connectivity index is 2.69. The van der Waals surface area contributed by atoms with Gasteiger partial charge in [0.25, 0.3) is 0 Å². The summed E-state index contributed by atoms with van der Waals surface area (Å²) >= 11 is 0. The van der Waals surface area contributed by atoms with Crippen LogP contribution in [0.3, 0.4) is 0 Å². The van der Waals surface area contributed by atoms with E-state index in [0.29, 0.717) is 41.9 Å². The molecule has 0 heterocycles. The van der Waals surface area contributed by atoms with Gasteiger partial charge in [-0.2, -0.15) is 5.26 Å². The summed E-state index contributed by atoms with van der Waals surface area (Å²) in [5.41, 5.74) is 1.31. The molecule has 0 saturated heterocycles. The second-order valence-electron chi connectivity index (χ2n) is 8.11. The normalized spacial score (nSPS) is 11.3. The number of hydrogen-bond donors (Lipinski definition) is 0. The van der Waals surface area contributed by atoms with Crippen molar-refractivity contribution in [3.05, 3.63) is 47.0 Å². The quantitative estimate of drug-likeness (QED) is 0.114. The highest BCUT2D eigenvalue weighted by Crippen LogP contribution is 2.41. The van der Waals surface area contributed by atoms with Gasteiger partial charge in [0, 0.05) is 25.3 Å². The molecule has 0 N–H and O–H groups in total. The first kappa shape index (κ1) is 32.2. The molecule has 0 aliphatic carbocycles. The van der Waals surface area contributed by atoms with Gasteiger partial charge in [0.2, 0.25) is 0 Å². The first-order valence-corrected chi connectivity index (χ1v) is 12.1. The Labute approximate surface area is 232 Å². The average molecular weight is 560 g/mol. The molecule has 40 heavy (non-hydrogen) atoms. The predicted molar refractivity (Wildman–Crippen MR) is 140 cm³/mol. The summed E-state index contributed by atoms with van der Waals surface area (Å²) in [5, 5.41) is 9.58. The van der Waals surface area contributed by atoms with E-state index in [0.717, 1.165) is 0 Å². The molecule has 0 aliphatic heterocycles. The fourth-order valence-electron chi connectivity index (χ4n) is 3.60. The molecule has 12 nitrogen and oxygen atoms in total. The van der Waals surface area contributed by atoms with E-state index in [9.17, 15) is 19.6 Å². The number of esters is 2. The van der Waals surface area contributed by atoms with Crippen molar-refractivity contribution in [1.82, 2.24) is 0 Å². The minimum Gasteiger partial charge on any atom is -0.469 e. The van der Waals surface area contributed by atoms with Crippen LogP contribution in [0.25, 0.3) is 11.1 Å². The molecule has 1 atom stereocenters. The second kappa shape index (κ2) is 17.5. The standard InChI is InChI=1S/C28H33NO11/c1-33-7-9-37-17-39-25-6-5-19(15-29)11-23(25)24-13-20(22(28(32)36-4)14-26(31)35-3)12-21(16-30)27(24)40-18-38-10-8-34-2/h5-6,11-13,16,22H,7-10,14,17-18H2,1-4H3/t22-/m0/s1. The lowest BCUT2D eigenvalue weighted by atomic mass is 9.89. The number of carbonyl (C=O) groups is 3. The van der Waals surface area contributed by atoms with Gasteiger partial charge in [-0.05, 0) is 35.9 Å². The molecule has 0 fully saturated rings. The zero-order chi connectivity index (χ0) is 29.3. The SMILES string of the molecule is COCCOCOc1ccc(C#N)cc1-c1cc([C@H](CC(=O)OC)C(=O)OC)cc(C=O)c1OCOCCOC. The van der Waals surface area contributed by atoms with Crippen LogP contribution in [-0.2, 0) is 38.0 Å². The third-order valence-electron chi connectivity index (χ3n) is 5.60. The molecular weight excluding hydrogens is 526 g/mol. The highest BCUT2D eigenvalue weighted by Gasteiger charge is 2.28. The molecule has 12 heteroatoms. The van der Waals surface area contributed by atoms with E-state index >= 15 is 0 Å². The third-order valence-corrected chi connectivity index (χ3v) is 5.60. The van der Waals surface area contributed by atoms with E-state index in [2.05, 4.69) is 6.07 Å². The molecule has 2 aromatic carbocycles. The Morgan fingerprint density at radius 2 is 1.55 bits per heavy atom. The van der Waals surface area contributed by atoms with Gasteiger partial charge in [-0.1, -0.05) is 0 Å². The Morgan fingerprint density at radius 3 is 2.12 bits per heavy atom. The van der Waals surface area contributed by atoms with Crippen molar-refractivity contribution in [1.29, 1.82) is 5.26 Å². The molecule has 0 saturated carbocycles. The lowest BCUT2D eigenvalue weighted by Gasteiger charge is -2.21. The van der Waals surface area contributed by atoms with Crippen molar-refractivity contribution < 1.29 is 52.3 Å². The van der Waals surface area contributed by atoms with Gasteiger partial charge in [-0.15, -0.1) is 0 Å². The van der Waals surface area contributed by atoms with E-state index < -0.39 is 17.9 Å². The number of nitriles is 1. The van der Waals surface area contributed by atoms with Gasteiger partial charge in [0.05, 0.1) is 70.2 Å². The summed E-state index contributed by atoms with van der Waals surface area (Å²) in [6.45, 7) is 0.856. The van der Waals surface area contributed by atoms with E-state index in [4.69, 9.17) is 37.9 Å². The highest BCUT2D eigenvalue weighted by atomic mass is 16.7. The van der Waals surface area contributed by atoms with E-state index in [1.165, 1.54) is 27.4 Å². The van der Waals surface area contributed by atoms with E-state index in [1.807, 2.05) is 0 Å². The van der Waals surface area contributed by atoms with Gasteiger partial charge < -0.3 is 37.9 Å². The number of carbonyl (C=O) groups excluding carboxylic acids is 3. The van der Waals surface area contributed by atoms with Crippen LogP contribution < -0.4 is 9.47 Å². The van der Waals surface area contributed by atoms with Crippen molar-refractivity contribution >= 4 is 18.2 Å². The average Bonchev–Trinajstić information content (AvgIpc) is 2.98. The molecule has 0 bridgehead atoms. The molecule has 2 aromatic rings. The van der Waals surface area contributed by atoms with Crippen LogP contribution in [0, 0.1) is 11.3 Å². The van der Waals surface area contributed by atoms with Crippen LogP contribution >= 0.6 is 0 Å². The predicted octanol–water partition coefficient (Wildman–Crippen LogP) is 2.86. The minimum atomic E-state index is -1.09. The van der Waals surface area contributed by atoms with Crippen molar-refractivity contribution in [3.8, 4) is 28.7 Å². The molecule has 0 unspecified atom stereocenters. The lowest BCUT2D eigenvalue weighted by molar-refractivity contribution is -0.149. The van der Waals surface area contributed by atoms with Gasteiger partial charge in [0.1, 0.15) is 11.5 Å². The number of ether oxygens (including phenoxy) is 8. The summed E-state index contributed by atoms with van der Waals surface area (Å²) in [6, 6.07) is 9.74. The van der Waals surface area contributed by atoms with E-state index in [1.54, 1.807) is 31.4 Å². The molecule has 0 spiro atoms. The third kappa shape index (κ3) is 9.32. The monoisotopic (exact) mass is 559 g/mol. The van der Waals surface area contributed by atoms with Crippen molar-refractivity contribution in [2.75, 3.05) is 68.5 Å². The molecular formula is C28H33NO11. The molecule has 0 amide bonds. The lowest BCUT2D eigenvalue weighted by Crippen LogP contribution is -2.19. The van der Waals surface area contributed by atoms with Crippen LogP contribution in [0.15, 0.2) is 30.3 Å². The summed E-state index contributed by atoms with van der Waals surface area (Å²) in [5.74, 6) is -2.04. The summed E-state index contributed by atoms with van der Waals surface area (Å²) in [4.78, 5) is 37.1. The first-order chi connectivity index (χ1) is 19.4. The summed E-state index contributed by atoms with van der Waals surface area (Å²) < 4.78 is 42.2.